The molecule has 1 heterocycles. The minimum Gasteiger partial charge on any atom is -0.258 e. The molecule has 0 saturated heterocycles. The number of hydrogen-bond acceptors (Lipinski definition) is 1. The van der Waals surface area contributed by atoms with Crippen molar-refractivity contribution in [2.45, 2.75) is 38.6 Å². The van der Waals surface area contributed by atoms with E-state index in [0.717, 1.165) is 10.9 Å². The Morgan fingerprint density at radius 3 is 3.06 bits per heavy atom. The Morgan fingerprint density at radius 1 is 1.44 bits per heavy atom. The number of fused-ring (bicyclic) bond motifs is 1. The number of hydrogen-bond donors (Lipinski definition) is 0. The quantitative estimate of drug-likeness (QED) is 0.739. The van der Waals surface area contributed by atoms with Crippen LogP contribution in [-0.4, -0.2) is 9.78 Å². The summed E-state index contributed by atoms with van der Waals surface area (Å²) in [5, 5.41) is 6.11. The normalized spacial score (nSPS) is 19.6. The lowest BCUT2D eigenvalue weighted by atomic mass is 10.0. The molecule has 0 aliphatic heterocycles. The maximum atomic E-state index is 4.82. The van der Waals surface area contributed by atoms with E-state index in [-0.39, 0.29) is 0 Å². The summed E-state index contributed by atoms with van der Waals surface area (Å²) in [6, 6.07) is 6.89. The van der Waals surface area contributed by atoms with Gasteiger partial charge in [0.2, 0.25) is 0 Å². The molecule has 94 valence electrons. The molecule has 1 aliphatic rings. The first-order valence-electron chi connectivity index (χ1n) is 6.63. The van der Waals surface area contributed by atoms with Crippen LogP contribution in [0.2, 0.25) is 0 Å². The van der Waals surface area contributed by atoms with Crippen LogP contribution in [0.3, 0.4) is 0 Å². The van der Waals surface area contributed by atoms with Gasteiger partial charge in [-0.25, -0.2) is 0 Å². The van der Waals surface area contributed by atoms with Crippen LogP contribution in [0.1, 0.15) is 37.9 Å². The van der Waals surface area contributed by atoms with Crippen molar-refractivity contribution in [3.8, 4) is 0 Å². The number of aromatic nitrogens is 2. The van der Waals surface area contributed by atoms with Gasteiger partial charge in [0.05, 0.1) is 17.3 Å². The SMILES string of the molecule is CCc1nn(C2C=CCCC2)c2cc(Br)ccc12. The molecule has 1 unspecified atom stereocenters. The van der Waals surface area contributed by atoms with Crippen LogP contribution in [0.5, 0.6) is 0 Å². The van der Waals surface area contributed by atoms with Gasteiger partial charge in [-0.1, -0.05) is 35.0 Å². The second kappa shape index (κ2) is 4.88. The highest BCUT2D eigenvalue weighted by Gasteiger charge is 2.16. The molecule has 0 N–H and O–H groups in total. The van der Waals surface area contributed by atoms with Crippen LogP contribution in [0.4, 0.5) is 0 Å². The molecule has 0 bridgehead atoms. The zero-order valence-corrected chi connectivity index (χ0v) is 12.2. The van der Waals surface area contributed by atoms with Gasteiger partial charge < -0.3 is 0 Å². The van der Waals surface area contributed by atoms with E-state index in [1.807, 2.05) is 0 Å². The molecule has 1 aromatic heterocycles. The maximum Gasteiger partial charge on any atom is 0.0706 e. The van der Waals surface area contributed by atoms with E-state index in [9.17, 15) is 0 Å². The van der Waals surface area contributed by atoms with E-state index >= 15 is 0 Å². The van der Waals surface area contributed by atoms with Crippen molar-refractivity contribution in [1.82, 2.24) is 9.78 Å². The van der Waals surface area contributed by atoms with Gasteiger partial charge in [0.1, 0.15) is 0 Å². The van der Waals surface area contributed by atoms with Gasteiger partial charge in [0.25, 0.3) is 0 Å². The van der Waals surface area contributed by atoms with E-state index in [2.05, 4.69) is 57.9 Å². The molecule has 18 heavy (non-hydrogen) atoms. The second-order valence-electron chi connectivity index (χ2n) is 4.83. The highest BCUT2D eigenvalue weighted by atomic mass is 79.9. The van der Waals surface area contributed by atoms with Crippen LogP contribution >= 0.6 is 15.9 Å². The number of halogens is 1. The summed E-state index contributed by atoms with van der Waals surface area (Å²) in [6.07, 6.45) is 9.24. The average molecular weight is 305 g/mol. The van der Waals surface area contributed by atoms with Gasteiger partial charge in [-0.2, -0.15) is 5.10 Å². The lowest BCUT2D eigenvalue weighted by molar-refractivity contribution is 0.483. The topological polar surface area (TPSA) is 17.8 Å². The number of benzene rings is 1. The van der Waals surface area contributed by atoms with Crippen LogP contribution in [-0.2, 0) is 6.42 Å². The molecule has 0 radical (unpaired) electrons. The molecular formula is C15H17BrN2. The number of nitrogens with zero attached hydrogens (tertiary/aromatic N) is 2. The number of aryl methyl sites for hydroxylation is 1. The monoisotopic (exact) mass is 304 g/mol. The Bertz CT molecular complexity index is 598. The molecule has 1 atom stereocenters. The van der Waals surface area contributed by atoms with Gasteiger partial charge in [-0.3, -0.25) is 4.68 Å². The van der Waals surface area contributed by atoms with Crippen LogP contribution in [0, 0.1) is 0 Å². The van der Waals surface area contributed by atoms with Crippen molar-refractivity contribution in [2.24, 2.45) is 0 Å². The summed E-state index contributed by atoms with van der Waals surface area (Å²) >= 11 is 3.56. The molecule has 2 aromatic rings. The third-order valence-electron chi connectivity index (χ3n) is 3.62. The van der Waals surface area contributed by atoms with E-state index in [4.69, 9.17) is 5.10 Å². The minimum absolute atomic E-state index is 0.427. The lowest BCUT2D eigenvalue weighted by Crippen LogP contribution is -2.10. The van der Waals surface area contributed by atoms with Crippen molar-refractivity contribution in [3.63, 3.8) is 0 Å². The zero-order chi connectivity index (χ0) is 12.5. The first-order valence-corrected chi connectivity index (χ1v) is 7.42. The van der Waals surface area contributed by atoms with Gasteiger partial charge in [0, 0.05) is 9.86 Å². The standard InChI is InChI=1S/C15H17BrN2/c1-2-14-13-9-8-11(16)10-15(13)18(17-14)12-6-4-3-5-7-12/h4,6,8-10,12H,2-3,5,7H2,1H3. The molecule has 0 fully saturated rings. The van der Waals surface area contributed by atoms with Gasteiger partial charge in [-0.05, 0) is 43.9 Å². The van der Waals surface area contributed by atoms with Gasteiger partial charge >= 0.3 is 0 Å². The van der Waals surface area contributed by atoms with Gasteiger partial charge in [-0.15, -0.1) is 0 Å². The van der Waals surface area contributed by atoms with Crippen molar-refractivity contribution in [3.05, 3.63) is 40.5 Å². The van der Waals surface area contributed by atoms with E-state index in [1.165, 1.54) is 35.9 Å². The fourth-order valence-corrected chi connectivity index (χ4v) is 3.04. The van der Waals surface area contributed by atoms with Crippen molar-refractivity contribution in [1.29, 1.82) is 0 Å². The average Bonchev–Trinajstić information content (AvgIpc) is 2.77. The largest absolute Gasteiger partial charge is 0.258 e. The summed E-state index contributed by atoms with van der Waals surface area (Å²) in [6.45, 7) is 2.17. The summed E-state index contributed by atoms with van der Waals surface area (Å²) in [4.78, 5) is 0. The van der Waals surface area contributed by atoms with Crippen LogP contribution in [0.15, 0.2) is 34.8 Å². The first kappa shape index (κ1) is 12.0. The molecule has 3 heteroatoms. The van der Waals surface area contributed by atoms with Crippen LogP contribution < -0.4 is 0 Å². The third-order valence-corrected chi connectivity index (χ3v) is 4.12. The van der Waals surface area contributed by atoms with E-state index in [1.54, 1.807) is 0 Å². The molecule has 3 rings (SSSR count). The minimum atomic E-state index is 0.427. The van der Waals surface area contributed by atoms with E-state index < -0.39 is 0 Å². The smallest absolute Gasteiger partial charge is 0.0706 e. The van der Waals surface area contributed by atoms with Crippen molar-refractivity contribution in [2.75, 3.05) is 0 Å². The second-order valence-corrected chi connectivity index (χ2v) is 5.75. The van der Waals surface area contributed by atoms with Crippen molar-refractivity contribution >= 4 is 26.8 Å². The molecular weight excluding hydrogens is 288 g/mol. The highest BCUT2D eigenvalue weighted by Crippen LogP contribution is 2.29. The Morgan fingerprint density at radius 2 is 2.33 bits per heavy atom. The Hall–Kier alpha value is -1.09. The predicted molar refractivity (Wildman–Crippen MR) is 78.8 cm³/mol. The lowest BCUT2D eigenvalue weighted by Gasteiger charge is -2.17. The number of allylic oxidation sites excluding steroid dienone is 2. The maximum absolute atomic E-state index is 4.82. The zero-order valence-electron chi connectivity index (χ0n) is 10.6. The fraction of sp³-hybridized carbons (Fsp3) is 0.400. The van der Waals surface area contributed by atoms with Crippen molar-refractivity contribution < 1.29 is 0 Å². The van der Waals surface area contributed by atoms with Gasteiger partial charge in [0.15, 0.2) is 0 Å². The summed E-state index contributed by atoms with van der Waals surface area (Å²) in [5.41, 5.74) is 2.45. The summed E-state index contributed by atoms with van der Waals surface area (Å²) < 4.78 is 3.33. The first-order chi connectivity index (χ1) is 8.79. The summed E-state index contributed by atoms with van der Waals surface area (Å²) in [5.74, 6) is 0. The Labute approximate surface area is 116 Å². The number of rotatable bonds is 2. The molecule has 2 nitrogen and oxygen atoms in total. The fourth-order valence-electron chi connectivity index (χ4n) is 2.69. The molecule has 0 saturated carbocycles. The van der Waals surface area contributed by atoms with Crippen LogP contribution in [0.25, 0.3) is 10.9 Å². The highest BCUT2D eigenvalue weighted by molar-refractivity contribution is 9.10. The molecule has 0 spiro atoms. The Balaban J connectivity index is 2.18. The molecule has 1 aliphatic carbocycles. The molecule has 1 aromatic carbocycles. The Kier molecular flexibility index (Phi) is 3.25. The van der Waals surface area contributed by atoms with E-state index in [0.29, 0.717) is 6.04 Å². The summed E-state index contributed by atoms with van der Waals surface area (Å²) in [7, 11) is 0. The molecule has 0 amide bonds. The third kappa shape index (κ3) is 2.01. The predicted octanol–water partition coefficient (Wildman–Crippen LogP) is 4.64.